The van der Waals surface area contributed by atoms with Crippen LogP contribution in [0.1, 0.15) is 32.1 Å². The summed E-state index contributed by atoms with van der Waals surface area (Å²) in [4.78, 5) is 6.12. The largest absolute Gasteiger partial charge is 0.241 e. The van der Waals surface area contributed by atoms with Crippen molar-refractivity contribution in [3.8, 4) is 0 Å². The Hall–Kier alpha value is -1.09. The molecule has 3 heteroatoms. The van der Waals surface area contributed by atoms with Crippen molar-refractivity contribution in [3.63, 3.8) is 0 Å². The van der Waals surface area contributed by atoms with Crippen molar-refractivity contribution in [2.24, 2.45) is 16.9 Å². The molecule has 5 rings (SSSR count). The predicted molar refractivity (Wildman–Crippen MR) is 61.4 cm³/mol. The fourth-order valence-electron chi connectivity index (χ4n) is 3.75. The number of nitrogens with zero attached hydrogens (tertiary/aromatic N) is 2. The predicted octanol–water partition coefficient (Wildman–Crippen LogP) is 2.62. The standard InChI is InChI=1S/C13H16N2O/c1-2-12-9-13(16-15(12)14-7-1)8-10-3-5-11(13)6-4-10/h1-2,7,9-11H,3-6,8H2. The molecule has 1 atom stereocenters. The molecule has 2 heterocycles. The van der Waals surface area contributed by atoms with Crippen LogP contribution < -0.4 is 0 Å². The molecular formula is C13H16N2O. The first-order chi connectivity index (χ1) is 7.86. The minimum absolute atomic E-state index is 0.0253. The number of fused-ring (bicyclic) bond motifs is 3. The van der Waals surface area contributed by atoms with Crippen LogP contribution in [0.25, 0.3) is 0 Å². The summed E-state index contributed by atoms with van der Waals surface area (Å²) >= 11 is 0. The van der Waals surface area contributed by atoms with E-state index in [9.17, 15) is 0 Å². The maximum absolute atomic E-state index is 6.12. The molecule has 0 aromatic carbocycles. The van der Waals surface area contributed by atoms with Crippen LogP contribution in [-0.2, 0) is 4.84 Å². The molecule has 0 aromatic heterocycles. The van der Waals surface area contributed by atoms with E-state index in [0.29, 0.717) is 5.92 Å². The van der Waals surface area contributed by atoms with E-state index in [2.05, 4.69) is 17.3 Å². The molecule has 3 saturated carbocycles. The summed E-state index contributed by atoms with van der Waals surface area (Å²) < 4.78 is 0. The molecule has 0 amide bonds. The minimum atomic E-state index is -0.0253. The summed E-state index contributed by atoms with van der Waals surface area (Å²) in [5.41, 5.74) is 1.10. The Morgan fingerprint density at radius 1 is 1.31 bits per heavy atom. The molecule has 3 fully saturated rings. The van der Waals surface area contributed by atoms with Gasteiger partial charge in [-0.25, -0.2) is 4.84 Å². The van der Waals surface area contributed by atoms with Gasteiger partial charge in [0.15, 0.2) is 0 Å². The number of rotatable bonds is 0. The lowest BCUT2D eigenvalue weighted by Crippen LogP contribution is -2.47. The van der Waals surface area contributed by atoms with E-state index in [-0.39, 0.29) is 5.60 Å². The van der Waals surface area contributed by atoms with Crippen molar-refractivity contribution >= 4 is 6.21 Å². The first-order valence-electron chi connectivity index (χ1n) is 6.28. The molecule has 2 bridgehead atoms. The van der Waals surface area contributed by atoms with Crippen LogP contribution >= 0.6 is 0 Å². The fraction of sp³-hybridized carbons (Fsp3) is 0.615. The van der Waals surface area contributed by atoms with Crippen molar-refractivity contribution in [2.45, 2.75) is 37.7 Å². The van der Waals surface area contributed by atoms with Crippen molar-refractivity contribution in [2.75, 3.05) is 0 Å². The minimum Gasteiger partial charge on any atom is -0.241 e. The number of hydrogen-bond donors (Lipinski definition) is 0. The number of hydroxylamine groups is 1. The molecule has 0 N–H and O–H groups in total. The first-order valence-corrected chi connectivity index (χ1v) is 6.28. The Labute approximate surface area is 95.4 Å². The summed E-state index contributed by atoms with van der Waals surface area (Å²) in [5, 5.41) is 5.96. The monoisotopic (exact) mass is 216 g/mol. The van der Waals surface area contributed by atoms with Crippen LogP contribution in [0.2, 0.25) is 0 Å². The maximum Gasteiger partial charge on any atom is 0.122 e. The van der Waals surface area contributed by atoms with Gasteiger partial charge < -0.3 is 0 Å². The normalized spacial score (nSPS) is 44.0. The zero-order valence-corrected chi connectivity index (χ0v) is 9.30. The number of allylic oxidation sites excluding steroid dienone is 2. The molecule has 1 spiro atoms. The summed E-state index contributed by atoms with van der Waals surface area (Å²) in [7, 11) is 0. The quantitative estimate of drug-likeness (QED) is 0.621. The van der Waals surface area contributed by atoms with Crippen LogP contribution in [0.5, 0.6) is 0 Å². The van der Waals surface area contributed by atoms with E-state index >= 15 is 0 Å². The SMILES string of the molecule is C1=CC2=CC3(CC4CCC3CC4)ON2N=C1. The third-order valence-electron chi connectivity index (χ3n) is 4.54. The highest BCUT2D eigenvalue weighted by molar-refractivity contribution is 5.73. The van der Waals surface area contributed by atoms with Crippen LogP contribution in [-0.4, -0.2) is 17.0 Å². The number of hydrazone groups is 1. The zero-order chi connectivity index (χ0) is 10.6. The van der Waals surface area contributed by atoms with Gasteiger partial charge in [0, 0.05) is 0 Å². The zero-order valence-electron chi connectivity index (χ0n) is 9.30. The van der Waals surface area contributed by atoms with Crippen molar-refractivity contribution < 1.29 is 4.84 Å². The molecule has 3 aliphatic carbocycles. The molecule has 0 saturated heterocycles. The van der Waals surface area contributed by atoms with Crippen molar-refractivity contribution in [1.29, 1.82) is 0 Å². The van der Waals surface area contributed by atoms with E-state index in [1.54, 1.807) is 11.4 Å². The Bertz CT molecular complexity index is 404. The van der Waals surface area contributed by atoms with E-state index in [0.717, 1.165) is 11.6 Å². The second kappa shape index (κ2) is 2.98. The Morgan fingerprint density at radius 2 is 2.19 bits per heavy atom. The van der Waals surface area contributed by atoms with Crippen molar-refractivity contribution in [1.82, 2.24) is 5.17 Å². The lowest BCUT2D eigenvalue weighted by atomic mass is 9.62. The van der Waals surface area contributed by atoms with Gasteiger partial charge >= 0.3 is 0 Å². The van der Waals surface area contributed by atoms with Gasteiger partial charge in [0.1, 0.15) is 5.60 Å². The molecule has 0 radical (unpaired) electrons. The number of hydrogen-bond acceptors (Lipinski definition) is 3. The Morgan fingerprint density at radius 3 is 2.88 bits per heavy atom. The second-order valence-corrected chi connectivity index (χ2v) is 5.43. The van der Waals surface area contributed by atoms with Gasteiger partial charge in [-0.1, -0.05) is 0 Å². The third kappa shape index (κ3) is 1.09. The van der Waals surface area contributed by atoms with Gasteiger partial charge in [0.25, 0.3) is 0 Å². The fourth-order valence-corrected chi connectivity index (χ4v) is 3.75. The van der Waals surface area contributed by atoms with Crippen LogP contribution in [0.3, 0.4) is 0 Å². The van der Waals surface area contributed by atoms with Crippen LogP contribution in [0.15, 0.2) is 29.0 Å². The average Bonchev–Trinajstić information content (AvgIpc) is 2.68. The summed E-state index contributed by atoms with van der Waals surface area (Å²) in [5.74, 6) is 1.58. The van der Waals surface area contributed by atoms with Gasteiger partial charge in [-0.15, -0.1) is 5.17 Å². The topological polar surface area (TPSA) is 24.8 Å². The van der Waals surface area contributed by atoms with Gasteiger partial charge in [-0.05, 0) is 62.2 Å². The molecule has 5 aliphatic rings. The Balaban J connectivity index is 1.72. The van der Waals surface area contributed by atoms with Crippen molar-refractivity contribution in [3.05, 3.63) is 23.9 Å². The summed E-state index contributed by atoms with van der Waals surface area (Å²) in [6.07, 6.45) is 14.8. The van der Waals surface area contributed by atoms with Gasteiger partial charge in [0.2, 0.25) is 0 Å². The van der Waals surface area contributed by atoms with Gasteiger partial charge in [-0.2, -0.15) is 5.10 Å². The Kier molecular flexibility index (Phi) is 1.67. The molecule has 16 heavy (non-hydrogen) atoms. The molecular weight excluding hydrogens is 200 g/mol. The highest BCUT2D eigenvalue weighted by Gasteiger charge is 2.52. The summed E-state index contributed by atoms with van der Waals surface area (Å²) in [6, 6.07) is 0. The van der Waals surface area contributed by atoms with E-state index in [1.807, 2.05) is 6.08 Å². The van der Waals surface area contributed by atoms with Gasteiger partial charge in [0.05, 0.1) is 11.9 Å². The first kappa shape index (κ1) is 8.99. The lowest BCUT2D eigenvalue weighted by molar-refractivity contribution is -0.229. The summed E-state index contributed by atoms with van der Waals surface area (Å²) in [6.45, 7) is 0. The van der Waals surface area contributed by atoms with Crippen LogP contribution in [0.4, 0.5) is 0 Å². The highest BCUT2D eigenvalue weighted by atomic mass is 16.7. The second-order valence-electron chi connectivity index (χ2n) is 5.43. The maximum atomic E-state index is 6.12. The van der Waals surface area contributed by atoms with E-state index in [4.69, 9.17) is 4.84 Å². The molecule has 3 nitrogen and oxygen atoms in total. The highest BCUT2D eigenvalue weighted by Crippen LogP contribution is 2.53. The van der Waals surface area contributed by atoms with Crippen LogP contribution in [0, 0.1) is 11.8 Å². The molecule has 0 aromatic rings. The third-order valence-corrected chi connectivity index (χ3v) is 4.54. The van der Waals surface area contributed by atoms with Gasteiger partial charge in [-0.3, -0.25) is 0 Å². The molecule has 1 unspecified atom stereocenters. The molecule has 2 aliphatic heterocycles. The van der Waals surface area contributed by atoms with E-state index in [1.165, 1.54) is 32.1 Å². The smallest absolute Gasteiger partial charge is 0.122 e. The molecule has 84 valence electrons. The average molecular weight is 216 g/mol. The lowest BCUT2D eigenvalue weighted by Gasteiger charge is -2.47. The van der Waals surface area contributed by atoms with E-state index < -0.39 is 0 Å².